The maximum atomic E-state index is 12.9. The Kier molecular flexibility index (Phi) is 6.34. The van der Waals surface area contributed by atoms with Gasteiger partial charge in [0, 0.05) is 5.92 Å². The molecule has 35 heavy (non-hydrogen) atoms. The summed E-state index contributed by atoms with van der Waals surface area (Å²) in [6.07, 6.45) is 1.09. The van der Waals surface area contributed by atoms with Crippen molar-refractivity contribution in [3.05, 3.63) is 108 Å². The molecule has 0 aromatic heterocycles. The second kappa shape index (κ2) is 9.38. The molecule has 176 valence electrons. The molecule has 0 saturated carbocycles. The highest BCUT2D eigenvalue weighted by atomic mass is 19.1. The first-order valence-corrected chi connectivity index (χ1v) is 10.7. The van der Waals surface area contributed by atoms with Crippen LogP contribution >= 0.6 is 0 Å². The highest BCUT2D eigenvalue weighted by Gasteiger charge is 2.27. The van der Waals surface area contributed by atoms with Crippen molar-refractivity contribution in [3.63, 3.8) is 0 Å². The van der Waals surface area contributed by atoms with Crippen LogP contribution in [0.2, 0.25) is 0 Å². The average Bonchev–Trinajstić information content (AvgIpc) is 3.11. The van der Waals surface area contributed by atoms with Crippen LogP contribution in [0.15, 0.2) is 79.8 Å². The van der Waals surface area contributed by atoms with Crippen molar-refractivity contribution >= 4 is 17.9 Å². The lowest BCUT2D eigenvalue weighted by Gasteiger charge is -2.11. The van der Waals surface area contributed by atoms with E-state index in [-0.39, 0.29) is 17.2 Å². The smallest absolute Gasteiger partial charge is 0.371 e. The van der Waals surface area contributed by atoms with Crippen molar-refractivity contribution in [1.82, 2.24) is 0 Å². The lowest BCUT2D eigenvalue weighted by atomic mass is 9.98. The van der Waals surface area contributed by atoms with E-state index in [0.717, 1.165) is 28.5 Å². The summed E-state index contributed by atoms with van der Waals surface area (Å²) < 4.78 is 28.2. The third kappa shape index (κ3) is 4.61. The van der Waals surface area contributed by atoms with Gasteiger partial charge in [0.05, 0.1) is 17.4 Å². The number of ether oxygens (including phenoxy) is 3. The number of hydrogen-bond donors (Lipinski definition) is 0. The lowest BCUT2D eigenvalue weighted by molar-refractivity contribution is -0.131. The van der Waals surface area contributed by atoms with Gasteiger partial charge >= 0.3 is 17.9 Å². The van der Waals surface area contributed by atoms with E-state index in [1.165, 1.54) is 18.2 Å². The number of aryl methyl sites for hydroxylation is 1. The monoisotopic (exact) mass is 472 g/mol. The Hall–Kier alpha value is -4.52. The zero-order valence-corrected chi connectivity index (χ0v) is 19.1. The highest BCUT2D eigenvalue weighted by Crippen LogP contribution is 2.46. The summed E-state index contributed by atoms with van der Waals surface area (Å²) in [5.41, 5.74) is 5.05. The van der Waals surface area contributed by atoms with Gasteiger partial charge in [0.15, 0.2) is 0 Å². The fourth-order valence-corrected chi connectivity index (χ4v) is 4.02. The Labute approximate surface area is 201 Å². The summed E-state index contributed by atoms with van der Waals surface area (Å²) in [6, 6.07) is 15.1. The van der Waals surface area contributed by atoms with Gasteiger partial charge in [0.25, 0.3) is 0 Å². The number of fused-ring (bicyclic) bond motifs is 3. The van der Waals surface area contributed by atoms with Crippen molar-refractivity contribution in [2.45, 2.75) is 19.8 Å². The van der Waals surface area contributed by atoms with Crippen LogP contribution in [-0.2, 0) is 9.53 Å². The van der Waals surface area contributed by atoms with E-state index in [0.29, 0.717) is 16.9 Å². The molecule has 6 nitrogen and oxygen atoms in total. The molecule has 0 aliphatic heterocycles. The molecule has 0 fully saturated rings. The second-order valence-electron chi connectivity index (χ2n) is 8.01. The molecule has 0 radical (unpaired) electrons. The van der Waals surface area contributed by atoms with Gasteiger partial charge in [0.1, 0.15) is 11.5 Å². The average molecular weight is 472 g/mol. The van der Waals surface area contributed by atoms with Crippen LogP contribution in [0.1, 0.15) is 50.2 Å². The Morgan fingerprint density at radius 3 is 2.17 bits per heavy atom. The molecule has 0 spiro atoms. The fourth-order valence-electron chi connectivity index (χ4n) is 4.02. The maximum Gasteiger partial charge on any atom is 0.371 e. The van der Waals surface area contributed by atoms with Crippen LogP contribution in [-0.4, -0.2) is 17.9 Å². The molecule has 1 aliphatic carbocycles. The molecular weight excluding hydrogens is 451 g/mol. The van der Waals surface area contributed by atoms with Crippen LogP contribution in [0, 0.1) is 6.92 Å². The molecule has 1 unspecified atom stereocenters. The van der Waals surface area contributed by atoms with Crippen molar-refractivity contribution in [1.29, 1.82) is 0 Å². The van der Waals surface area contributed by atoms with E-state index in [1.807, 2.05) is 19.1 Å². The first kappa shape index (κ1) is 23.6. The van der Waals surface area contributed by atoms with Gasteiger partial charge in [-0.1, -0.05) is 32.2 Å². The van der Waals surface area contributed by atoms with Crippen LogP contribution in [0.5, 0.6) is 11.5 Å². The number of benzene rings is 3. The molecule has 3 aromatic carbocycles. The quantitative estimate of drug-likeness (QED) is 0.189. The van der Waals surface area contributed by atoms with Gasteiger partial charge < -0.3 is 14.2 Å². The van der Waals surface area contributed by atoms with E-state index >= 15 is 0 Å². The van der Waals surface area contributed by atoms with Gasteiger partial charge in [0.2, 0.25) is 5.83 Å². The van der Waals surface area contributed by atoms with Crippen LogP contribution in [0.25, 0.3) is 11.1 Å². The molecule has 7 heteroatoms. The summed E-state index contributed by atoms with van der Waals surface area (Å²) in [5.74, 6) is -3.04. The Morgan fingerprint density at radius 1 is 0.886 bits per heavy atom. The number of carbonyl (C=O) groups is 3. The van der Waals surface area contributed by atoms with Gasteiger partial charge in [-0.2, -0.15) is 4.39 Å². The van der Waals surface area contributed by atoms with Crippen LogP contribution < -0.4 is 9.47 Å². The van der Waals surface area contributed by atoms with E-state index < -0.39 is 23.7 Å². The zero-order chi connectivity index (χ0) is 25.3. The molecular formula is C28H21FO6. The highest BCUT2D eigenvalue weighted by molar-refractivity contribution is 5.93. The predicted molar refractivity (Wildman–Crippen MR) is 127 cm³/mol. The summed E-state index contributed by atoms with van der Waals surface area (Å²) in [5, 5.41) is 0. The number of carbonyl (C=O) groups excluding carboxylic acids is 3. The Balaban J connectivity index is 1.53. The molecule has 0 heterocycles. The zero-order valence-electron chi connectivity index (χ0n) is 19.1. The minimum absolute atomic E-state index is 0.0309. The molecule has 0 bridgehead atoms. The van der Waals surface area contributed by atoms with E-state index in [1.54, 1.807) is 31.2 Å². The van der Waals surface area contributed by atoms with E-state index in [9.17, 15) is 18.8 Å². The lowest BCUT2D eigenvalue weighted by Crippen LogP contribution is -2.11. The summed E-state index contributed by atoms with van der Waals surface area (Å²) in [4.78, 5) is 36.2. The van der Waals surface area contributed by atoms with Gasteiger partial charge in [-0.15, -0.1) is 0 Å². The first-order chi connectivity index (χ1) is 16.7. The molecule has 1 atom stereocenters. The minimum Gasteiger partial charge on any atom is -0.432 e. The Morgan fingerprint density at radius 2 is 1.51 bits per heavy atom. The standard InChI is InChI=1S/C28H21FO6/c1-5-33-27(31)19-6-9-21-22-10-8-20(14-24(22)16(3)23(21)13-19)34-28(32)18-7-11-25(15(2)12-18)35-26(30)17(4)29/h5-14,16H,1,4H2,2-3H3. The molecule has 4 rings (SSSR count). The maximum absolute atomic E-state index is 12.9. The topological polar surface area (TPSA) is 78.9 Å². The van der Waals surface area contributed by atoms with Gasteiger partial charge in [-0.25, -0.2) is 14.4 Å². The summed E-state index contributed by atoms with van der Waals surface area (Å²) in [6.45, 7) is 9.93. The SMILES string of the molecule is C=COC(=O)c1ccc2c(c1)C(C)c1cc(OC(=O)c3ccc(OC(=O)C(=C)F)c(C)c3)ccc1-2. The third-order valence-corrected chi connectivity index (χ3v) is 5.77. The van der Waals surface area contributed by atoms with E-state index in [4.69, 9.17) is 14.2 Å². The number of rotatable bonds is 6. The number of halogens is 1. The van der Waals surface area contributed by atoms with Gasteiger partial charge in [-0.3, -0.25) is 0 Å². The fraction of sp³-hybridized carbons (Fsp3) is 0.107. The van der Waals surface area contributed by atoms with Crippen molar-refractivity contribution in [2.75, 3.05) is 0 Å². The molecule has 3 aromatic rings. The van der Waals surface area contributed by atoms with Crippen molar-refractivity contribution < 1.29 is 33.0 Å². The van der Waals surface area contributed by atoms with Crippen molar-refractivity contribution in [3.8, 4) is 22.6 Å². The van der Waals surface area contributed by atoms with Crippen molar-refractivity contribution in [2.24, 2.45) is 0 Å². The summed E-state index contributed by atoms with van der Waals surface area (Å²) >= 11 is 0. The largest absolute Gasteiger partial charge is 0.432 e. The predicted octanol–water partition coefficient (Wildman–Crippen LogP) is 6.04. The number of hydrogen-bond acceptors (Lipinski definition) is 6. The molecule has 0 saturated heterocycles. The third-order valence-electron chi connectivity index (χ3n) is 5.77. The first-order valence-electron chi connectivity index (χ1n) is 10.7. The molecule has 1 aliphatic rings. The normalized spacial score (nSPS) is 13.3. The summed E-state index contributed by atoms with van der Waals surface area (Å²) in [7, 11) is 0. The van der Waals surface area contributed by atoms with E-state index in [2.05, 4.69) is 13.2 Å². The Bertz CT molecular complexity index is 1400. The number of esters is 3. The minimum atomic E-state index is -1.21. The van der Waals surface area contributed by atoms with Crippen LogP contribution in [0.3, 0.4) is 0 Å². The molecule has 0 amide bonds. The molecule has 0 N–H and O–H groups in total. The second-order valence-corrected chi connectivity index (χ2v) is 8.01. The van der Waals surface area contributed by atoms with Crippen LogP contribution in [0.4, 0.5) is 4.39 Å². The van der Waals surface area contributed by atoms with Gasteiger partial charge in [-0.05, 0) is 77.2 Å².